The molecule has 1 aliphatic heterocycles. The van der Waals surface area contributed by atoms with Gasteiger partial charge in [0.05, 0.1) is 17.9 Å². The van der Waals surface area contributed by atoms with E-state index in [9.17, 15) is 0 Å². The molecule has 3 heterocycles. The van der Waals surface area contributed by atoms with E-state index in [2.05, 4.69) is 53.3 Å². The van der Waals surface area contributed by atoms with E-state index in [0.29, 0.717) is 6.54 Å². The van der Waals surface area contributed by atoms with Gasteiger partial charge in [0.15, 0.2) is 5.96 Å². The van der Waals surface area contributed by atoms with Crippen LogP contribution < -0.4 is 5.32 Å². The summed E-state index contributed by atoms with van der Waals surface area (Å²) >= 11 is 1.70. The van der Waals surface area contributed by atoms with E-state index in [-0.39, 0.29) is 5.41 Å². The quantitative estimate of drug-likeness (QED) is 0.610. The van der Waals surface area contributed by atoms with E-state index in [1.807, 2.05) is 13.0 Å². The number of nitrogens with one attached hydrogen (secondary N) is 1. The molecule has 154 valence electrons. The minimum absolute atomic E-state index is 0.0850. The molecule has 0 amide bonds. The van der Waals surface area contributed by atoms with Gasteiger partial charge in [-0.2, -0.15) is 0 Å². The normalized spacial score (nSPS) is 16.6. The number of hydrogen-bond acceptors (Lipinski definition) is 6. The molecule has 1 N–H and O–H groups in total. The fourth-order valence-electron chi connectivity index (χ4n) is 3.14. The Morgan fingerprint density at radius 3 is 2.61 bits per heavy atom. The molecule has 0 radical (unpaired) electrons. The van der Waals surface area contributed by atoms with E-state index in [1.54, 1.807) is 11.3 Å². The van der Waals surface area contributed by atoms with Gasteiger partial charge in [-0.3, -0.25) is 4.90 Å². The van der Waals surface area contributed by atoms with Crippen LogP contribution in [0.5, 0.6) is 0 Å². The summed E-state index contributed by atoms with van der Waals surface area (Å²) in [5.41, 5.74) is 2.23. The van der Waals surface area contributed by atoms with Gasteiger partial charge < -0.3 is 14.7 Å². The predicted molar refractivity (Wildman–Crippen MR) is 114 cm³/mol. The van der Waals surface area contributed by atoms with E-state index >= 15 is 0 Å². The Kier molecular flexibility index (Phi) is 6.72. The minimum atomic E-state index is 0.0850. The number of thiazole rings is 1. The molecule has 0 saturated carbocycles. The number of rotatable bonds is 5. The van der Waals surface area contributed by atoms with Gasteiger partial charge in [-0.05, 0) is 13.8 Å². The minimum Gasteiger partial charge on any atom is -0.361 e. The molecule has 2 aromatic rings. The van der Waals surface area contributed by atoms with Crippen molar-refractivity contribution in [2.45, 2.75) is 53.1 Å². The van der Waals surface area contributed by atoms with Gasteiger partial charge in [-0.1, -0.05) is 25.9 Å². The van der Waals surface area contributed by atoms with Gasteiger partial charge in [0.25, 0.3) is 0 Å². The topological polar surface area (TPSA) is 69.8 Å². The van der Waals surface area contributed by atoms with E-state index in [0.717, 1.165) is 67.4 Å². The van der Waals surface area contributed by atoms with Crippen LogP contribution in [0.3, 0.4) is 0 Å². The molecule has 1 saturated heterocycles. The summed E-state index contributed by atoms with van der Waals surface area (Å²) < 4.78 is 5.17. The van der Waals surface area contributed by atoms with Gasteiger partial charge in [-0.15, -0.1) is 11.3 Å². The second-order valence-electron chi connectivity index (χ2n) is 8.24. The summed E-state index contributed by atoms with van der Waals surface area (Å²) in [4.78, 5) is 14.4. The fraction of sp³-hybridized carbons (Fsp3) is 0.650. The maximum atomic E-state index is 5.17. The van der Waals surface area contributed by atoms with E-state index in [1.165, 1.54) is 0 Å². The molecule has 7 nitrogen and oxygen atoms in total. The van der Waals surface area contributed by atoms with Crippen LogP contribution in [0.25, 0.3) is 0 Å². The van der Waals surface area contributed by atoms with Crippen LogP contribution in [0.4, 0.5) is 0 Å². The van der Waals surface area contributed by atoms with Gasteiger partial charge in [0, 0.05) is 56.1 Å². The van der Waals surface area contributed by atoms with Crippen molar-refractivity contribution in [1.82, 2.24) is 25.3 Å². The molecule has 0 aromatic carbocycles. The van der Waals surface area contributed by atoms with Crippen LogP contribution in [-0.4, -0.2) is 58.6 Å². The van der Waals surface area contributed by atoms with E-state index < -0.39 is 0 Å². The number of hydrogen-bond donors (Lipinski definition) is 1. The third-order valence-corrected chi connectivity index (χ3v) is 5.59. The monoisotopic (exact) mass is 404 g/mol. The number of guanidine groups is 1. The maximum absolute atomic E-state index is 5.17. The molecule has 0 unspecified atom stereocenters. The Labute approximate surface area is 171 Å². The molecular formula is C20H32N6OS. The van der Waals surface area contributed by atoms with Crippen LogP contribution >= 0.6 is 11.3 Å². The summed E-state index contributed by atoms with van der Waals surface area (Å²) in [5, 5.41) is 10.8. The van der Waals surface area contributed by atoms with Crippen molar-refractivity contribution in [2.75, 3.05) is 32.7 Å². The zero-order valence-electron chi connectivity index (χ0n) is 17.7. The Bertz CT molecular complexity index is 783. The number of piperazine rings is 1. The van der Waals surface area contributed by atoms with Gasteiger partial charge in [-0.25, -0.2) is 9.98 Å². The number of aryl methyl sites for hydroxylation is 1. The first kappa shape index (κ1) is 20.8. The van der Waals surface area contributed by atoms with Crippen molar-refractivity contribution in [2.24, 2.45) is 4.99 Å². The van der Waals surface area contributed by atoms with Gasteiger partial charge in [0.1, 0.15) is 10.8 Å². The lowest BCUT2D eigenvalue weighted by Crippen LogP contribution is -2.52. The Balaban J connectivity index is 1.56. The van der Waals surface area contributed by atoms with Crippen molar-refractivity contribution < 1.29 is 4.52 Å². The highest BCUT2D eigenvalue weighted by atomic mass is 32.1. The third-order valence-electron chi connectivity index (χ3n) is 4.75. The molecule has 0 aliphatic carbocycles. The second-order valence-corrected chi connectivity index (χ2v) is 9.18. The zero-order chi connectivity index (χ0) is 20.1. The van der Waals surface area contributed by atoms with Crippen LogP contribution in [0, 0.1) is 6.92 Å². The van der Waals surface area contributed by atoms with Crippen molar-refractivity contribution in [3.8, 4) is 0 Å². The molecule has 1 aliphatic rings. The zero-order valence-corrected chi connectivity index (χ0v) is 18.5. The van der Waals surface area contributed by atoms with E-state index in [4.69, 9.17) is 14.5 Å². The molecule has 0 bridgehead atoms. The fourth-order valence-corrected chi connectivity index (χ4v) is 4.08. The maximum Gasteiger partial charge on any atom is 0.194 e. The first-order valence-corrected chi connectivity index (χ1v) is 10.9. The highest BCUT2D eigenvalue weighted by Crippen LogP contribution is 2.24. The molecule has 0 atom stereocenters. The van der Waals surface area contributed by atoms with Crippen LogP contribution in [0.2, 0.25) is 0 Å². The molecular weight excluding hydrogens is 372 g/mol. The second kappa shape index (κ2) is 9.05. The summed E-state index contributed by atoms with van der Waals surface area (Å²) in [6.45, 7) is 16.8. The summed E-state index contributed by atoms with van der Waals surface area (Å²) in [6.07, 6.45) is 0. The average molecular weight is 405 g/mol. The highest BCUT2D eigenvalue weighted by molar-refractivity contribution is 7.09. The van der Waals surface area contributed by atoms with Crippen molar-refractivity contribution in [1.29, 1.82) is 0 Å². The van der Waals surface area contributed by atoms with Crippen molar-refractivity contribution in [3.63, 3.8) is 0 Å². The molecule has 0 spiro atoms. The first-order chi connectivity index (χ1) is 13.3. The standard InChI is InChI=1S/C20H32N6OS/c1-6-21-19(22-12-18-23-17(14-28-18)20(3,4)5)26-9-7-25(8-10-26)13-16-11-15(2)27-24-16/h11,14H,6-10,12-13H2,1-5H3,(H,21,22). The molecule has 3 rings (SSSR count). The van der Waals surface area contributed by atoms with Crippen LogP contribution in [0.15, 0.2) is 21.0 Å². The lowest BCUT2D eigenvalue weighted by molar-refractivity contribution is 0.169. The lowest BCUT2D eigenvalue weighted by atomic mass is 9.93. The molecule has 28 heavy (non-hydrogen) atoms. The Hall–Kier alpha value is -1.93. The Morgan fingerprint density at radius 1 is 1.29 bits per heavy atom. The molecule has 8 heteroatoms. The number of aliphatic imine (C=N–C) groups is 1. The predicted octanol–water partition coefficient (Wildman–Crippen LogP) is 3.02. The van der Waals surface area contributed by atoms with Crippen molar-refractivity contribution >= 4 is 17.3 Å². The van der Waals surface area contributed by atoms with Crippen molar-refractivity contribution in [3.05, 3.63) is 33.6 Å². The van der Waals surface area contributed by atoms with Gasteiger partial charge in [0.2, 0.25) is 0 Å². The summed E-state index contributed by atoms with van der Waals surface area (Å²) in [7, 11) is 0. The SMILES string of the molecule is CCNC(=NCc1nc(C(C)(C)C)cs1)N1CCN(Cc2cc(C)on2)CC1. The molecule has 1 fully saturated rings. The molecule has 2 aromatic heterocycles. The third kappa shape index (κ3) is 5.54. The van der Waals surface area contributed by atoms with Gasteiger partial charge >= 0.3 is 0 Å². The summed E-state index contributed by atoms with van der Waals surface area (Å²) in [5.74, 6) is 1.85. The lowest BCUT2D eigenvalue weighted by Gasteiger charge is -2.36. The van der Waals surface area contributed by atoms with Crippen LogP contribution in [0.1, 0.15) is 49.9 Å². The summed E-state index contributed by atoms with van der Waals surface area (Å²) in [6, 6.07) is 2.01. The average Bonchev–Trinajstić information content (AvgIpc) is 3.28. The number of aromatic nitrogens is 2. The smallest absolute Gasteiger partial charge is 0.194 e. The first-order valence-electron chi connectivity index (χ1n) is 9.98. The largest absolute Gasteiger partial charge is 0.361 e. The highest BCUT2D eigenvalue weighted by Gasteiger charge is 2.21. The number of nitrogens with zero attached hydrogens (tertiary/aromatic N) is 5. The van der Waals surface area contributed by atoms with Crippen LogP contribution in [-0.2, 0) is 18.5 Å². The Morgan fingerprint density at radius 2 is 2.04 bits per heavy atom.